The summed E-state index contributed by atoms with van der Waals surface area (Å²) in [6.45, 7) is 0.896. The van der Waals surface area contributed by atoms with Gasteiger partial charge in [0.2, 0.25) is 11.1 Å². The van der Waals surface area contributed by atoms with Gasteiger partial charge in [-0.25, -0.2) is 9.48 Å². The van der Waals surface area contributed by atoms with Crippen LogP contribution < -0.4 is 10.7 Å². The maximum atomic E-state index is 13.0. The minimum Gasteiger partial charge on any atom is -0.451 e. The van der Waals surface area contributed by atoms with Gasteiger partial charge in [0, 0.05) is 17.8 Å². The van der Waals surface area contributed by atoms with E-state index in [2.05, 4.69) is 10.4 Å². The number of rotatable bonds is 5. The zero-order chi connectivity index (χ0) is 21.9. The third-order valence-electron chi connectivity index (χ3n) is 4.77. The van der Waals surface area contributed by atoms with Crippen LogP contribution in [-0.2, 0) is 15.7 Å². The Labute approximate surface area is 169 Å². The van der Waals surface area contributed by atoms with Crippen LogP contribution in [0.5, 0.6) is 0 Å². The predicted molar refractivity (Wildman–Crippen MR) is 100 cm³/mol. The molecule has 1 aromatic heterocycles. The highest BCUT2D eigenvalue weighted by Crippen LogP contribution is 2.30. The molecule has 1 fully saturated rings. The van der Waals surface area contributed by atoms with Crippen molar-refractivity contribution in [3.8, 4) is 5.69 Å². The van der Waals surface area contributed by atoms with Gasteiger partial charge in [-0.05, 0) is 38.0 Å². The maximum Gasteiger partial charge on any atom is 0.416 e. The fourth-order valence-corrected chi connectivity index (χ4v) is 3.30. The van der Waals surface area contributed by atoms with Crippen LogP contribution in [0.2, 0.25) is 0 Å². The van der Waals surface area contributed by atoms with E-state index in [-0.39, 0.29) is 17.4 Å². The highest BCUT2D eigenvalue weighted by atomic mass is 19.4. The fourth-order valence-electron chi connectivity index (χ4n) is 3.30. The number of hydrogen-bond donors (Lipinski definition) is 1. The first-order valence-corrected chi connectivity index (χ1v) is 9.40. The number of carbonyl (C=O) groups excluding carboxylic acids is 2. The van der Waals surface area contributed by atoms with Crippen molar-refractivity contribution < 1.29 is 27.5 Å². The van der Waals surface area contributed by atoms with Gasteiger partial charge in [-0.15, -0.1) is 0 Å². The quantitative estimate of drug-likeness (QED) is 0.747. The predicted octanol–water partition coefficient (Wildman–Crippen LogP) is 2.78. The molecule has 10 heteroatoms. The average Bonchev–Trinajstić information content (AvgIpc) is 3.18. The summed E-state index contributed by atoms with van der Waals surface area (Å²) >= 11 is 0. The van der Waals surface area contributed by atoms with Crippen molar-refractivity contribution >= 4 is 11.9 Å². The molecule has 1 saturated carbocycles. The molecule has 0 bridgehead atoms. The van der Waals surface area contributed by atoms with Crippen molar-refractivity contribution in [2.75, 3.05) is 6.61 Å². The van der Waals surface area contributed by atoms with Crippen molar-refractivity contribution in [2.45, 2.75) is 44.8 Å². The molecule has 0 spiro atoms. The lowest BCUT2D eigenvalue weighted by molar-refractivity contribution is -0.137. The number of hydrogen-bond acceptors (Lipinski definition) is 5. The van der Waals surface area contributed by atoms with Crippen LogP contribution in [0.25, 0.3) is 5.69 Å². The molecule has 0 atom stereocenters. The molecule has 30 heavy (non-hydrogen) atoms. The van der Waals surface area contributed by atoms with Gasteiger partial charge in [0.15, 0.2) is 6.61 Å². The Kier molecular flexibility index (Phi) is 6.23. The van der Waals surface area contributed by atoms with Gasteiger partial charge in [-0.2, -0.15) is 18.3 Å². The van der Waals surface area contributed by atoms with E-state index in [1.165, 1.54) is 19.1 Å². The van der Waals surface area contributed by atoms with E-state index < -0.39 is 41.3 Å². The van der Waals surface area contributed by atoms with Crippen LogP contribution in [0.3, 0.4) is 0 Å². The van der Waals surface area contributed by atoms with Crippen molar-refractivity contribution in [1.29, 1.82) is 0 Å². The molecule has 1 aliphatic carbocycles. The highest BCUT2D eigenvalue weighted by Gasteiger charge is 2.30. The molecule has 1 aromatic carbocycles. The van der Waals surface area contributed by atoms with Crippen LogP contribution >= 0.6 is 0 Å². The number of esters is 1. The van der Waals surface area contributed by atoms with E-state index in [0.717, 1.165) is 48.6 Å². The number of carbonyl (C=O) groups is 2. The number of ether oxygens (including phenoxy) is 1. The first-order chi connectivity index (χ1) is 14.1. The molecule has 0 aliphatic heterocycles. The lowest BCUT2D eigenvalue weighted by atomic mass is 10.2. The number of amides is 1. The van der Waals surface area contributed by atoms with Crippen molar-refractivity contribution in [1.82, 2.24) is 15.1 Å². The average molecular weight is 423 g/mol. The Morgan fingerprint density at radius 1 is 1.23 bits per heavy atom. The molecule has 0 saturated heterocycles. The van der Waals surface area contributed by atoms with E-state index in [1.807, 2.05) is 0 Å². The van der Waals surface area contributed by atoms with E-state index in [4.69, 9.17) is 4.74 Å². The summed E-state index contributed by atoms with van der Waals surface area (Å²) in [5, 5.41) is 6.62. The molecular weight excluding hydrogens is 403 g/mol. The van der Waals surface area contributed by atoms with Gasteiger partial charge in [-0.3, -0.25) is 9.59 Å². The normalized spacial score (nSPS) is 14.5. The molecule has 1 heterocycles. The fraction of sp³-hybridized carbons (Fsp3) is 0.400. The van der Waals surface area contributed by atoms with Crippen LogP contribution in [0.4, 0.5) is 13.2 Å². The smallest absolute Gasteiger partial charge is 0.416 e. The van der Waals surface area contributed by atoms with Crippen LogP contribution in [0, 0.1) is 6.92 Å². The van der Waals surface area contributed by atoms with Crippen LogP contribution in [0.1, 0.15) is 47.4 Å². The number of nitrogens with one attached hydrogen (secondary N) is 1. The number of benzene rings is 1. The standard InChI is InChI=1S/C20H20F3N3O4/c1-12-9-16(27)18(19(29)30-11-17(28)24-14-6-2-3-7-14)25-26(12)15-8-4-5-13(10-15)20(21,22)23/h4-5,8-10,14H,2-3,6-7,11H2,1H3,(H,24,28). The number of alkyl halides is 3. The Morgan fingerprint density at radius 3 is 2.60 bits per heavy atom. The van der Waals surface area contributed by atoms with Gasteiger partial charge in [0.25, 0.3) is 5.91 Å². The minimum absolute atomic E-state index is 0.0235. The SMILES string of the molecule is Cc1cc(=O)c(C(=O)OCC(=O)NC2CCCC2)nn1-c1cccc(C(F)(F)F)c1. The Bertz CT molecular complexity index is 1010. The third kappa shape index (κ3) is 5.05. The van der Waals surface area contributed by atoms with E-state index >= 15 is 0 Å². The lowest BCUT2D eigenvalue weighted by Gasteiger charge is -2.14. The summed E-state index contributed by atoms with van der Waals surface area (Å²) in [5.41, 5.74) is -2.01. The largest absolute Gasteiger partial charge is 0.451 e. The molecule has 1 amide bonds. The van der Waals surface area contributed by atoms with E-state index in [9.17, 15) is 27.6 Å². The van der Waals surface area contributed by atoms with Gasteiger partial charge >= 0.3 is 12.1 Å². The maximum absolute atomic E-state index is 13.0. The first-order valence-electron chi connectivity index (χ1n) is 9.40. The summed E-state index contributed by atoms with van der Waals surface area (Å²) in [6, 6.07) is 5.44. The van der Waals surface area contributed by atoms with Crippen molar-refractivity contribution in [2.24, 2.45) is 0 Å². The summed E-state index contributed by atoms with van der Waals surface area (Å²) in [5.74, 6) is -1.61. The molecule has 0 unspecified atom stereocenters. The Morgan fingerprint density at radius 2 is 1.93 bits per heavy atom. The second-order valence-corrected chi connectivity index (χ2v) is 7.08. The molecule has 1 aliphatic rings. The van der Waals surface area contributed by atoms with E-state index in [0.29, 0.717) is 0 Å². The van der Waals surface area contributed by atoms with Crippen molar-refractivity contribution in [3.05, 3.63) is 57.5 Å². The number of aryl methyl sites for hydroxylation is 1. The summed E-state index contributed by atoms with van der Waals surface area (Å²) in [4.78, 5) is 36.3. The molecule has 7 nitrogen and oxygen atoms in total. The highest BCUT2D eigenvalue weighted by molar-refractivity contribution is 5.89. The summed E-state index contributed by atoms with van der Waals surface area (Å²) in [7, 11) is 0. The minimum atomic E-state index is -4.56. The number of nitrogens with zero attached hydrogens (tertiary/aromatic N) is 2. The second kappa shape index (κ2) is 8.68. The van der Waals surface area contributed by atoms with Gasteiger partial charge in [0.05, 0.1) is 11.3 Å². The van der Waals surface area contributed by atoms with Gasteiger partial charge in [0.1, 0.15) is 0 Å². The number of halogens is 3. The molecule has 3 rings (SSSR count). The Balaban J connectivity index is 1.78. The van der Waals surface area contributed by atoms with Crippen LogP contribution in [-0.4, -0.2) is 34.3 Å². The third-order valence-corrected chi connectivity index (χ3v) is 4.77. The molecule has 2 aromatic rings. The zero-order valence-corrected chi connectivity index (χ0v) is 16.2. The van der Waals surface area contributed by atoms with Gasteiger partial charge in [-0.1, -0.05) is 18.9 Å². The summed E-state index contributed by atoms with van der Waals surface area (Å²) in [6.07, 6.45) is -0.792. The Hall–Kier alpha value is -3.17. The second-order valence-electron chi connectivity index (χ2n) is 7.08. The van der Waals surface area contributed by atoms with Gasteiger partial charge < -0.3 is 10.1 Å². The zero-order valence-electron chi connectivity index (χ0n) is 16.2. The molecule has 1 N–H and O–H groups in total. The van der Waals surface area contributed by atoms with E-state index in [1.54, 1.807) is 0 Å². The molecular formula is C20H20F3N3O4. The first kappa shape index (κ1) is 21.5. The molecule has 0 radical (unpaired) electrons. The van der Waals surface area contributed by atoms with Crippen molar-refractivity contribution in [3.63, 3.8) is 0 Å². The topological polar surface area (TPSA) is 90.3 Å². The lowest BCUT2D eigenvalue weighted by Crippen LogP contribution is -2.36. The molecule has 160 valence electrons. The summed E-state index contributed by atoms with van der Waals surface area (Å²) < 4.78 is 44.9. The van der Waals surface area contributed by atoms with Crippen LogP contribution in [0.15, 0.2) is 35.1 Å². The number of aromatic nitrogens is 2. The monoisotopic (exact) mass is 423 g/mol.